The number of aromatic nitrogens is 5. The van der Waals surface area contributed by atoms with Crippen LogP contribution in [0.1, 0.15) is 19.2 Å². The van der Waals surface area contributed by atoms with Crippen molar-refractivity contribution in [3.63, 3.8) is 0 Å². The smallest absolute Gasteiger partial charge is 0.123 e. The van der Waals surface area contributed by atoms with E-state index in [0.717, 1.165) is 49.8 Å². The lowest BCUT2D eigenvalue weighted by Crippen LogP contribution is -2.28. The highest BCUT2D eigenvalue weighted by Gasteiger charge is 2.17. The second kappa shape index (κ2) is 4.29. The molecule has 6 heteroatoms. The van der Waals surface area contributed by atoms with Crippen molar-refractivity contribution < 1.29 is 0 Å². The van der Waals surface area contributed by atoms with Crippen molar-refractivity contribution in [2.24, 2.45) is 0 Å². The first-order chi connectivity index (χ1) is 8.40. The molecule has 0 atom stereocenters. The SMILES string of the molecule is CCCn1nncc1-c1cnc2n1CCNC2. The molecule has 0 saturated carbocycles. The molecule has 0 radical (unpaired) electrons. The Labute approximate surface area is 99.7 Å². The van der Waals surface area contributed by atoms with Crippen LogP contribution in [0.15, 0.2) is 12.4 Å². The minimum absolute atomic E-state index is 0.843. The molecule has 90 valence electrons. The van der Waals surface area contributed by atoms with E-state index < -0.39 is 0 Å². The van der Waals surface area contributed by atoms with Gasteiger partial charge < -0.3 is 9.88 Å². The van der Waals surface area contributed by atoms with Gasteiger partial charge in [-0.25, -0.2) is 9.67 Å². The highest BCUT2D eigenvalue weighted by atomic mass is 15.4. The van der Waals surface area contributed by atoms with Gasteiger partial charge in [0.15, 0.2) is 0 Å². The van der Waals surface area contributed by atoms with Crippen molar-refractivity contribution in [1.82, 2.24) is 29.9 Å². The maximum Gasteiger partial charge on any atom is 0.123 e. The number of fused-ring (bicyclic) bond motifs is 1. The molecule has 3 heterocycles. The van der Waals surface area contributed by atoms with E-state index in [2.05, 4.69) is 32.1 Å². The lowest BCUT2D eigenvalue weighted by atomic mass is 10.3. The molecule has 17 heavy (non-hydrogen) atoms. The zero-order chi connectivity index (χ0) is 11.7. The predicted molar refractivity (Wildman–Crippen MR) is 63.2 cm³/mol. The van der Waals surface area contributed by atoms with Gasteiger partial charge >= 0.3 is 0 Å². The number of rotatable bonds is 3. The minimum Gasteiger partial charge on any atom is -0.324 e. The zero-order valence-electron chi connectivity index (χ0n) is 9.93. The monoisotopic (exact) mass is 232 g/mol. The van der Waals surface area contributed by atoms with E-state index in [9.17, 15) is 0 Å². The lowest BCUT2D eigenvalue weighted by molar-refractivity contribution is 0.505. The van der Waals surface area contributed by atoms with Crippen molar-refractivity contribution in [2.75, 3.05) is 6.54 Å². The van der Waals surface area contributed by atoms with Gasteiger partial charge in [0.05, 0.1) is 24.6 Å². The molecule has 0 spiro atoms. The summed E-state index contributed by atoms with van der Waals surface area (Å²) in [4.78, 5) is 4.45. The summed E-state index contributed by atoms with van der Waals surface area (Å²) >= 11 is 0. The van der Waals surface area contributed by atoms with Crippen LogP contribution in [-0.2, 0) is 19.6 Å². The Hall–Kier alpha value is -1.69. The number of nitrogens with one attached hydrogen (secondary N) is 1. The molecule has 0 aromatic carbocycles. The third kappa shape index (κ3) is 1.74. The number of aryl methyl sites for hydroxylation is 1. The Morgan fingerprint density at radius 1 is 1.35 bits per heavy atom. The molecule has 0 aliphatic carbocycles. The minimum atomic E-state index is 0.843. The van der Waals surface area contributed by atoms with Crippen molar-refractivity contribution >= 4 is 0 Å². The molecule has 6 nitrogen and oxygen atoms in total. The first kappa shape index (κ1) is 10.5. The van der Waals surface area contributed by atoms with Gasteiger partial charge in [0, 0.05) is 19.6 Å². The summed E-state index contributed by atoms with van der Waals surface area (Å²) in [7, 11) is 0. The summed E-state index contributed by atoms with van der Waals surface area (Å²) in [6, 6.07) is 0. The molecule has 1 aliphatic rings. The van der Waals surface area contributed by atoms with Gasteiger partial charge in [-0.1, -0.05) is 12.1 Å². The summed E-state index contributed by atoms with van der Waals surface area (Å²) < 4.78 is 4.20. The van der Waals surface area contributed by atoms with E-state index in [1.54, 1.807) is 0 Å². The Balaban J connectivity index is 2.03. The summed E-state index contributed by atoms with van der Waals surface area (Å²) in [6.07, 6.45) is 4.80. The van der Waals surface area contributed by atoms with E-state index in [1.807, 2.05) is 17.1 Å². The predicted octanol–water partition coefficient (Wildman–Crippen LogP) is 0.655. The van der Waals surface area contributed by atoms with Crippen LogP contribution >= 0.6 is 0 Å². The van der Waals surface area contributed by atoms with Crippen LogP contribution in [0.2, 0.25) is 0 Å². The summed E-state index contributed by atoms with van der Waals surface area (Å²) in [5.41, 5.74) is 2.19. The van der Waals surface area contributed by atoms with Gasteiger partial charge in [-0.2, -0.15) is 0 Å². The molecule has 0 saturated heterocycles. The highest BCUT2D eigenvalue weighted by molar-refractivity contribution is 5.53. The van der Waals surface area contributed by atoms with E-state index in [4.69, 9.17) is 0 Å². The van der Waals surface area contributed by atoms with E-state index in [1.165, 1.54) is 0 Å². The van der Waals surface area contributed by atoms with Crippen molar-refractivity contribution in [3.8, 4) is 11.4 Å². The van der Waals surface area contributed by atoms with Crippen LogP contribution in [0.5, 0.6) is 0 Å². The molecule has 3 rings (SSSR count). The Bertz CT molecular complexity index is 512. The van der Waals surface area contributed by atoms with Crippen LogP contribution in [0, 0.1) is 0 Å². The van der Waals surface area contributed by atoms with Crippen molar-refractivity contribution in [3.05, 3.63) is 18.2 Å². The van der Waals surface area contributed by atoms with Crippen molar-refractivity contribution in [1.29, 1.82) is 0 Å². The average Bonchev–Trinajstić information content (AvgIpc) is 2.95. The second-order valence-corrected chi connectivity index (χ2v) is 4.23. The fourth-order valence-corrected chi connectivity index (χ4v) is 2.23. The molecule has 0 unspecified atom stereocenters. The maximum atomic E-state index is 4.45. The fourth-order valence-electron chi connectivity index (χ4n) is 2.23. The van der Waals surface area contributed by atoms with Gasteiger partial charge in [-0.15, -0.1) is 5.10 Å². The van der Waals surface area contributed by atoms with Gasteiger partial charge in [0.2, 0.25) is 0 Å². The molecule has 0 fully saturated rings. The van der Waals surface area contributed by atoms with Gasteiger partial charge in [0.1, 0.15) is 11.5 Å². The molecule has 2 aromatic heterocycles. The molecule has 0 bridgehead atoms. The van der Waals surface area contributed by atoms with Gasteiger partial charge in [-0.05, 0) is 6.42 Å². The normalized spacial score (nSPS) is 14.9. The van der Waals surface area contributed by atoms with Crippen LogP contribution < -0.4 is 5.32 Å². The van der Waals surface area contributed by atoms with Gasteiger partial charge in [-0.3, -0.25) is 0 Å². The van der Waals surface area contributed by atoms with Crippen molar-refractivity contribution in [2.45, 2.75) is 33.0 Å². The fraction of sp³-hybridized carbons (Fsp3) is 0.545. The average molecular weight is 232 g/mol. The first-order valence-corrected chi connectivity index (χ1v) is 6.04. The zero-order valence-corrected chi connectivity index (χ0v) is 9.93. The number of nitrogens with zero attached hydrogens (tertiary/aromatic N) is 5. The van der Waals surface area contributed by atoms with Crippen LogP contribution in [0.3, 0.4) is 0 Å². The molecule has 1 aliphatic heterocycles. The van der Waals surface area contributed by atoms with Gasteiger partial charge in [0.25, 0.3) is 0 Å². The third-order valence-electron chi connectivity index (χ3n) is 3.05. The Kier molecular flexibility index (Phi) is 2.64. The Morgan fingerprint density at radius 3 is 3.18 bits per heavy atom. The number of hydrogen-bond acceptors (Lipinski definition) is 4. The molecule has 0 amide bonds. The summed E-state index contributed by atoms with van der Waals surface area (Å²) in [5.74, 6) is 1.09. The largest absolute Gasteiger partial charge is 0.324 e. The molecular weight excluding hydrogens is 216 g/mol. The van der Waals surface area contributed by atoms with E-state index >= 15 is 0 Å². The first-order valence-electron chi connectivity index (χ1n) is 6.04. The molecular formula is C11H16N6. The standard InChI is InChI=1S/C11H16N6/c1-2-4-17-10(7-14-15-17)9-6-13-11-8-12-3-5-16(9)11/h6-7,12H,2-5,8H2,1H3. The summed E-state index contributed by atoms with van der Waals surface area (Å²) in [6.45, 7) is 5.83. The van der Waals surface area contributed by atoms with Crippen LogP contribution in [0.25, 0.3) is 11.4 Å². The quantitative estimate of drug-likeness (QED) is 0.844. The third-order valence-corrected chi connectivity index (χ3v) is 3.05. The second-order valence-electron chi connectivity index (χ2n) is 4.23. The molecule has 1 N–H and O–H groups in total. The van der Waals surface area contributed by atoms with E-state index in [-0.39, 0.29) is 0 Å². The Morgan fingerprint density at radius 2 is 2.29 bits per heavy atom. The summed E-state index contributed by atoms with van der Waals surface area (Å²) in [5, 5.41) is 11.4. The topological polar surface area (TPSA) is 60.6 Å². The van der Waals surface area contributed by atoms with Crippen LogP contribution in [0.4, 0.5) is 0 Å². The molecule has 2 aromatic rings. The maximum absolute atomic E-state index is 4.45. The van der Waals surface area contributed by atoms with Crippen LogP contribution in [-0.4, -0.2) is 31.1 Å². The highest BCUT2D eigenvalue weighted by Crippen LogP contribution is 2.21. The number of hydrogen-bond donors (Lipinski definition) is 1. The van der Waals surface area contributed by atoms with E-state index in [0.29, 0.717) is 0 Å². The lowest BCUT2D eigenvalue weighted by Gasteiger charge is -2.17. The number of imidazole rings is 1.